The summed E-state index contributed by atoms with van der Waals surface area (Å²) in [5.41, 5.74) is 9.43. The Hall–Kier alpha value is -3.42. The average Bonchev–Trinajstić information content (AvgIpc) is 3.02. The summed E-state index contributed by atoms with van der Waals surface area (Å²) in [6.45, 7) is 17.0. The van der Waals surface area contributed by atoms with Crippen LogP contribution in [0.25, 0.3) is 11.3 Å². The largest absolute Gasteiger partial charge is 0.477 e. The van der Waals surface area contributed by atoms with Crippen molar-refractivity contribution in [2.45, 2.75) is 104 Å². The van der Waals surface area contributed by atoms with Crippen LogP contribution < -0.4 is 9.04 Å². The number of hydrogen-bond acceptors (Lipinski definition) is 7. The molecule has 1 spiro atoms. The molecule has 2 saturated carbocycles. The second-order valence-electron chi connectivity index (χ2n) is 17.5. The van der Waals surface area contributed by atoms with Crippen LogP contribution in [0.2, 0.25) is 0 Å². The van der Waals surface area contributed by atoms with Crippen molar-refractivity contribution in [2.24, 2.45) is 22.2 Å². The van der Waals surface area contributed by atoms with Gasteiger partial charge in [0.05, 0.1) is 12.3 Å². The van der Waals surface area contributed by atoms with Gasteiger partial charge in [0.2, 0.25) is 11.8 Å². The molecule has 4 aromatic rings. The van der Waals surface area contributed by atoms with Gasteiger partial charge in [-0.05, 0) is 133 Å². The summed E-state index contributed by atoms with van der Waals surface area (Å²) in [6.07, 6.45) is 9.44. The molecule has 4 bridgehead atoms. The van der Waals surface area contributed by atoms with Crippen LogP contribution in [0.5, 0.6) is 5.88 Å². The Kier molecular flexibility index (Phi) is 9.53. The topological polar surface area (TPSA) is 60.4 Å². The van der Waals surface area contributed by atoms with Gasteiger partial charge in [0.1, 0.15) is 6.73 Å². The lowest BCUT2D eigenvalue weighted by molar-refractivity contribution is -0.0886. The lowest BCUT2D eigenvalue weighted by Crippen LogP contribution is -2.50. The van der Waals surface area contributed by atoms with Gasteiger partial charge in [-0.2, -0.15) is 4.98 Å². The zero-order valence-corrected chi connectivity index (χ0v) is 32.1. The Labute approximate surface area is 304 Å². The summed E-state index contributed by atoms with van der Waals surface area (Å²) in [7, 11) is 1.71. The smallest absolute Gasteiger partial charge is 0.241 e. The monoisotopic (exact) mass is 690 g/mol. The minimum absolute atomic E-state index is 0.110. The number of rotatable bonds is 7. The fraction of sp³-hybridized carbons (Fsp3) is 0.512. The van der Waals surface area contributed by atoms with Gasteiger partial charge in [-0.1, -0.05) is 71.0 Å². The minimum Gasteiger partial charge on any atom is -0.477 e. The molecule has 0 N–H and O–H groups in total. The highest BCUT2D eigenvalue weighted by Crippen LogP contribution is 2.68. The fourth-order valence-electron chi connectivity index (χ4n) is 9.48. The molecular weight excluding hydrogens is 637 g/mol. The van der Waals surface area contributed by atoms with Gasteiger partial charge in [-0.15, -0.1) is 0 Å². The lowest BCUT2D eigenvalue weighted by Gasteiger charge is -2.62. The highest BCUT2D eigenvalue weighted by atomic mass is 32.2. The summed E-state index contributed by atoms with van der Waals surface area (Å²) in [5, 5.41) is 0. The van der Waals surface area contributed by atoms with E-state index in [4.69, 9.17) is 24.4 Å². The second-order valence-corrected chi connectivity index (χ2v) is 18.6. The van der Waals surface area contributed by atoms with Crippen molar-refractivity contribution in [3.8, 4) is 17.1 Å². The van der Waals surface area contributed by atoms with Gasteiger partial charge in [0.25, 0.3) is 0 Å². The molecule has 2 aromatic heterocycles. The number of hydrogen-bond donors (Lipinski definition) is 0. The number of methoxy groups -OCH3 is 1. The molecule has 0 radical (unpaired) electrons. The van der Waals surface area contributed by atoms with E-state index < -0.39 is 0 Å². The van der Waals surface area contributed by atoms with Gasteiger partial charge in [-0.25, -0.2) is 4.98 Å². The Bertz CT molecular complexity index is 1800. The Morgan fingerprint density at radius 3 is 2.34 bits per heavy atom. The first-order valence-corrected chi connectivity index (χ1v) is 19.1. The molecule has 2 aromatic carbocycles. The van der Waals surface area contributed by atoms with Crippen LogP contribution in [0.1, 0.15) is 107 Å². The Balaban J connectivity index is 1.22. The minimum atomic E-state index is 0.110. The lowest BCUT2D eigenvalue weighted by atomic mass is 9.43. The Morgan fingerprint density at radius 1 is 0.940 bits per heavy atom. The SMILES string of the molecule is COCN1Sc2cccc(c2)C(Cc2ccc(C3CC4(C3)CC(C)(C)C4)cn2)C(CC(C)(C)C)COc2cc(-c3c(C)cccc3C)nc1n2. The van der Waals surface area contributed by atoms with Crippen LogP contribution in [0, 0.1) is 36.0 Å². The van der Waals surface area contributed by atoms with Crippen molar-refractivity contribution < 1.29 is 9.47 Å². The first-order chi connectivity index (χ1) is 23.8. The molecule has 6 nitrogen and oxygen atoms in total. The molecule has 2 atom stereocenters. The van der Waals surface area contributed by atoms with Crippen LogP contribution in [0.15, 0.2) is 71.8 Å². The summed E-state index contributed by atoms with van der Waals surface area (Å²) in [6, 6.07) is 22.0. The van der Waals surface area contributed by atoms with Crippen LogP contribution >= 0.6 is 11.9 Å². The third-order valence-corrected chi connectivity index (χ3v) is 12.1. The van der Waals surface area contributed by atoms with E-state index in [1.165, 1.54) is 47.9 Å². The van der Waals surface area contributed by atoms with E-state index >= 15 is 0 Å². The van der Waals surface area contributed by atoms with E-state index in [1.807, 2.05) is 10.4 Å². The number of nitrogens with zero attached hydrogens (tertiary/aromatic N) is 4. The van der Waals surface area contributed by atoms with Crippen molar-refractivity contribution in [2.75, 3.05) is 24.8 Å². The predicted octanol–water partition coefficient (Wildman–Crippen LogP) is 10.7. The fourth-order valence-corrected chi connectivity index (χ4v) is 10.4. The number of anilines is 1. The highest BCUT2D eigenvalue weighted by molar-refractivity contribution is 8.00. The quantitative estimate of drug-likeness (QED) is 0.179. The normalized spacial score (nSPS) is 21.4. The van der Waals surface area contributed by atoms with Crippen molar-refractivity contribution in [3.05, 3.63) is 94.8 Å². The van der Waals surface area contributed by atoms with E-state index in [1.54, 1.807) is 19.1 Å². The van der Waals surface area contributed by atoms with Gasteiger partial charge in [-0.3, -0.25) is 9.29 Å². The zero-order valence-electron chi connectivity index (χ0n) is 31.3. The maximum atomic E-state index is 6.76. The molecule has 50 heavy (non-hydrogen) atoms. The van der Waals surface area contributed by atoms with E-state index in [9.17, 15) is 0 Å². The third kappa shape index (κ3) is 7.60. The number of aromatic nitrogens is 3. The number of aryl methyl sites for hydroxylation is 2. The van der Waals surface area contributed by atoms with Crippen LogP contribution in [0.4, 0.5) is 5.95 Å². The second kappa shape index (κ2) is 13.6. The molecule has 3 heterocycles. The van der Waals surface area contributed by atoms with Gasteiger partial charge >= 0.3 is 0 Å². The molecule has 264 valence electrons. The summed E-state index contributed by atoms with van der Waals surface area (Å²) in [5.74, 6) is 2.27. The number of pyridine rings is 1. The molecule has 7 heteroatoms. The molecule has 3 aliphatic rings. The standard InChI is InChI=1S/C43H54N4O2S/c1-28-11-9-12-29(2)39(28)37-19-38-46-40(45-37)47(27-48-8)50-35-14-10-13-30(17-35)36(33(24-49-38)20-41(3,4)5)18-34-16-15-31(23-44-34)32-21-43(22-32)25-42(6,7)26-43/h9-17,19,23,32-33,36H,18,20-22,24-27H2,1-8H3. The van der Waals surface area contributed by atoms with Crippen molar-refractivity contribution in [1.82, 2.24) is 15.0 Å². The van der Waals surface area contributed by atoms with Crippen molar-refractivity contribution >= 4 is 17.9 Å². The van der Waals surface area contributed by atoms with Gasteiger partial charge in [0.15, 0.2) is 0 Å². The molecular formula is C43H54N4O2S. The van der Waals surface area contributed by atoms with Crippen molar-refractivity contribution in [3.63, 3.8) is 0 Å². The molecule has 0 amide bonds. The van der Waals surface area contributed by atoms with Crippen molar-refractivity contribution in [1.29, 1.82) is 0 Å². The first-order valence-electron chi connectivity index (χ1n) is 18.4. The van der Waals surface area contributed by atoms with E-state index in [0.717, 1.165) is 34.7 Å². The maximum Gasteiger partial charge on any atom is 0.241 e. The highest BCUT2D eigenvalue weighted by Gasteiger charge is 2.56. The van der Waals surface area contributed by atoms with Crippen LogP contribution in [0.3, 0.4) is 0 Å². The zero-order chi connectivity index (χ0) is 35.3. The number of ether oxygens (including phenoxy) is 2. The summed E-state index contributed by atoms with van der Waals surface area (Å²) < 4.78 is 14.5. The van der Waals surface area contributed by atoms with Gasteiger partial charge < -0.3 is 9.47 Å². The molecule has 2 fully saturated rings. The third-order valence-electron chi connectivity index (χ3n) is 11.1. The maximum absolute atomic E-state index is 6.76. The van der Waals surface area contributed by atoms with E-state index in [-0.39, 0.29) is 17.3 Å². The molecule has 7 rings (SSSR count). The Morgan fingerprint density at radius 2 is 1.68 bits per heavy atom. The number of fused-ring (bicyclic) bond motifs is 4. The average molecular weight is 691 g/mol. The number of benzene rings is 2. The summed E-state index contributed by atoms with van der Waals surface area (Å²) in [4.78, 5) is 16.3. The summed E-state index contributed by atoms with van der Waals surface area (Å²) >= 11 is 1.61. The predicted molar refractivity (Wildman–Crippen MR) is 205 cm³/mol. The molecule has 2 unspecified atom stereocenters. The van der Waals surface area contributed by atoms with Crippen LogP contribution in [-0.2, 0) is 11.2 Å². The first kappa shape index (κ1) is 35.0. The van der Waals surface area contributed by atoms with E-state index in [0.29, 0.717) is 41.9 Å². The van der Waals surface area contributed by atoms with Gasteiger partial charge in [0, 0.05) is 41.4 Å². The molecule has 0 saturated heterocycles. The van der Waals surface area contributed by atoms with E-state index in [2.05, 4.69) is 109 Å². The molecule has 1 aliphatic heterocycles. The van der Waals surface area contributed by atoms with Crippen LogP contribution in [-0.4, -0.2) is 35.4 Å². The molecule has 2 aliphatic carbocycles.